The second-order valence-electron chi connectivity index (χ2n) is 6.28. The van der Waals surface area contributed by atoms with Gasteiger partial charge in [0, 0.05) is 42.4 Å². The molecular weight excluding hydrogens is 324 g/mol. The average molecular weight is 342 g/mol. The number of nitro groups is 1. The van der Waals surface area contributed by atoms with Gasteiger partial charge in [0.1, 0.15) is 5.82 Å². The Morgan fingerprint density at radius 1 is 1.24 bits per heavy atom. The summed E-state index contributed by atoms with van der Waals surface area (Å²) in [6.07, 6.45) is 0.794. The van der Waals surface area contributed by atoms with Crippen LogP contribution in [0.25, 0.3) is 11.4 Å². The van der Waals surface area contributed by atoms with Gasteiger partial charge in [-0.2, -0.15) is 0 Å². The maximum Gasteiger partial charge on any atom is 0.270 e. The fourth-order valence-corrected chi connectivity index (χ4v) is 3.28. The van der Waals surface area contributed by atoms with E-state index in [1.54, 1.807) is 12.1 Å². The van der Waals surface area contributed by atoms with Crippen molar-refractivity contribution in [3.63, 3.8) is 0 Å². The van der Waals surface area contributed by atoms with E-state index < -0.39 is 10.7 Å². The summed E-state index contributed by atoms with van der Waals surface area (Å²) in [6, 6.07) is 8.28. The van der Waals surface area contributed by atoms with Gasteiger partial charge in [-0.05, 0) is 6.92 Å². The Morgan fingerprint density at radius 3 is 2.80 bits per heavy atom. The van der Waals surface area contributed by atoms with Gasteiger partial charge in [-0.15, -0.1) is 0 Å². The molecular formula is C17H18N4O4. The van der Waals surface area contributed by atoms with Gasteiger partial charge >= 0.3 is 0 Å². The Hall–Kier alpha value is -2.58. The molecule has 2 fully saturated rings. The second-order valence-corrected chi connectivity index (χ2v) is 6.28. The van der Waals surface area contributed by atoms with Crippen LogP contribution >= 0.6 is 0 Å². The van der Waals surface area contributed by atoms with Crippen LogP contribution in [-0.4, -0.2) is 47.0 Å². The third-order valence-corrected chi connectivity index (χ3v) is 4.49. The first-order valence-electron chi connectivity index (χ1n) is 8.18. The molecule has 0 saturated carbocycles. The predicted octanol–water partition coefficient (Wildman–Crippen LogP) is 2.31. The molecule has 8 nitrogen and oxygen atoms in total. The third kappa shape index (κ3) is 3.06. The fraction of sp³-hybridized carbons (Fsp3) is 0.412. The van der Waals surface area contributed by atoms with Gasteiger partial charge in [-0.3, -0.25) is 10.1 Å². The molecule has 0 atom stereocenters. The normalized spacial score (nSPS) is 18.8. The van der Waals surface area contributed by atoms with Crippen LogP contribution in [0.2, 0.25) is 0 Å². The Morgan fingerprint density at radius 2 is 2.04 bits per heavy atom. The molecule has 130 valence electrons. The van der Waals surface area contributed by atoms with Crippen LogP contribution in [0.1, 0.15) is 12.1 Å². The van der Waals surface area contributed by atoms with E-state index in [0.29, 0.717) is 31.1 Å². The molecule has 0 bridgehead atoms. The molecule has 0 unspecified atom stereocenters. The quantitative estimate of drug-likeness (QED) is 0.624. The zero-order chi connectivity index (χ0) is 17.4. The number of nitrogens with zero attached hydrogens (tertiary/aromatic N) is 4. The Balaban J connectivity index is 1.65. The molecule has 2 aromatic rings. The fourth-order valence-electron chi connectivity index (χ4n) is 3.28. The molecule has 1 aromatic carbocycles. The number of benzene rings is 1. The first-order chi connectivity index (χ1) is 12.0. The molecule has 0 N–H and O–H groups in total. The molecule has 4 rings (SSSR count). The average Bonchev–Trinajstić information content (AvgIpc) is 3.25. The monoisotopic (exact) mass is 342 g/mol. The van der Waals surface area contributed by atoms with Crippen molar-refractivity contribution in [2.45, 2.75) is 19.1 Å². The maximum atomic E-state index is 11.0. The minimum atomic E-state index is -0.523. The molecule has 0 amide bonds. The topological polar surface area (TPSA) is 90.6 Å². The first kappa shape index (κ1) is 15.9. The van der Waals surface area contributed by atoms with Crippen LogP contribution in [-0.2, 0) is 9.47 Å². The number of aromatic nitrogens is 2. The third-order valence-electron chi connectivity index (χ3n) is 4.49. The first-order valence-corrected chi connectivity index (χ1v) is 8.18. The number of ether oxygens (including phenoxy) is 2. The van der Waals surface area contributed by atoms with Gasteiger partial charge < -0.3 is 14.4 Å². The van der Waals surface area contributed by atoms with Gasteiger partial charge in [0.2, 0.25) is 0 Å². The van der Waals surface area contributed by atoms with Gasteiger partial charge in [0.15, 0.2) is 11.6 Å². The van der Waals surface area contributed by atoms with Crippen molar-refractivity contribution in [1.82, 2.24) is 9.97 Å². The Kier molecular flexibility index (Phi) is 3.85. The van der Waals surface area contributed by atoms with Crippen molar-refractivity contribution in [2.75, 3.05) is 31.2 Å². The van der Waals surface area contributed by atoms with Crippen molar-refractivity contribution in [1.29, 1.82) is 0 Å². The second kappa shape index (κ2) is 6.05. The Labute approximate surface area is 144 Å². The molecule has 8 heteroatoms. The van der Waals surface area contributed by atoms with Crippen LogP contribution in [0.4, 0.5) is 11.5 Å². The molecule has 3 heterocycles. The summed E-state index contributed by atoms with van der Waals surface area (Å²) in [4.78, 5) is 21.8. The van der Waals surface area contributed by atoms with Crippen molar-refractivity contribution < 1.29 is 14.4 Å². The van der Waals surface area contributed by atoms with Crippen molar-refractivity contribution in [3.8, 4) is 11.4 Å². The zero-order valence-electron chi connectivity index (χ0n) is 13.8. The van der Waals surface area contributed by atoms with Crippen LogP contribution in [0.3, 0.4) is 0 Å². The molecule has 2 aliphatic heterocycles. The number of aryl methyl sites for hydroxylation is 1. The molecule has 2 aliphatic rings. The van der Waals surface area contributed by atoms with E-state index in [1.807, 2.05) is 13.0 Å². The lowest BCUT2D eigenvalue weighted by Gasteiger charge is -2.23. The standard InChI is InChI=1S/C17H18N4O4/c1-12-9-15(20-6-5-17(11-20)24-7-8-25-17)19-16(18-12)13-3-2-4-14(10-13)21(22)23/h2-4,9-10H,5-8,11H2,1H3. The van der Waals surface area contributed by atoms with E-state index in [4.69, 9.17) is 9.47 Å². The number of hydrogen-bond acceptors (Lipinski definition) is 7. The SMILES string of the molecule is Cc1cc(N2CCC3(C2)OCCO3)nc(-c2cccc([N+](=O)[O-])c2)n1. The van der Waals surface area contributed by atoms with E-state index >= 15 is 0 Å². The summed E-state index contributed by atoms with van der Waals surface area (Å²) < 4.78 is 11.5. The largest absolute Gasteiger partial charge is 0.351 e. The van der Waals surface area contributed by atoms with Crippen molar-refractivity contribution >= 4 is 11.5 Å². The van der Waals surface area contributed by atoms with Crippen molar-refractivity contribution in [3.05, 3.63) is 46.1 Å². The summed E-state index contributed by atoms with van der Waals surface area (Å²) in [6.45, 7) is 4.54. The highest BCUT2D eigenvalue weighted by molar-refractivity contribution is 5.61. The molecule has 25 heavy (non-hydrogen) atoms. The molecule has 1 aromatic heterocycles. The Bertz CT molecular complexity index is 820. The lowest BCUT2D eigenvalue weighted by atomic mass is 10.2. The minimum Gasteiger partial charge on any atom is -0.351 e. The van der Waals surface area contributed by atoms with E-state index in [-0.39, 0.29) is 5.69 Å². The highest BCUT2D eigenvalue weighted by atomic mass is 16.7. The highest BCUT2D eigenvalue weighted by Crippen LogP contribution is 2.33. The van der Waals surface area contributed by atoms with Crippen LogP contribution < -0.4 is 4.90 Å². The lowest BCUT2D eigenvalue weighted by Crippen LogP contribution is -2.34. The van der Waals surface area contributed by atoms with E-state index in [9.17, 15) is 10.1 Å². The smallest absolute Gasteiger partial charge is 0.270 e. The minimum absolute atomic E-state index is 0.0250. The van der Waals surface area contributed by atoms with E-state index in [2.05, 4.69) is 14.9 Å². The summed E-state index contributed by atoms with van der Waals surface area (Å²) >= 11 is 0. The summed E-state index contributed by atoms with van der Waals surface area (Å²) in [5, 5.41) is 11.0. The highest BCUT2D eigenvalue weighted by Gasteiger charge is 2.43. The zero-order valence-corrected chi connectivity index (χ0v) is 13.8. The van der Waals surface area contributed by atoms with Crippen LogP contribution in [0.15, 0.2) is 30.3 Å². The number of non-ortho nitro benzene ring substituents is 1. The molecule has 0 aliphatic carbocycles. The molecule has 1 spiro atoms. The van der Waals surface area contributed by atoms with Crippen LogP contribution in [0.5, 0.6) is 0 Å². The van der Waals surface area contributed by atoms with Gasteiger partial charge in [-0.25, -0.2) is 9.97 Å². The van der Waals surface area contributed by atoms with Gasteiger partial charge in [0.25, 0.3) is 5.69 Å². The maximum absolute atomic E-state index is 11.0. The van der Waals surface area contributed by atoms with Gasteiger partial charge in [0.05, 0.1) is 24.7 Å². The van der Waals surface area contributed by atoms with Crippen molar-refractivity contribution in [2.24, 2.45) is 0 Å². The lowest BCUT2D eigenvalue weighted by molar-refractivity contribution is -0.384. The van der Waals surface area contributed by atoms with Gasteiger partial charge in [-0.1, -0.05) is 12.1 Å². The summed E-state index contributed by atoms with van der Waals surface area (Å²) in [5.41, 5.74) is 1.46. The number of anilines is 1. The van der Waals surface area contributed by atoms with E-state index in [1.165, 1.54) is 12.1 Å². The molecule has 0 radical (unpaired) electrons. The summed E-state index contributed by atoms with van der Waals surface area (Å²) in [5.74, 6) is 0.739. The number of nitro benzene ring substituents is 1. The summed E-state index contributed by atoms with van der Waals surface area (Å²) in [7, 11) is 0. The number of rotatable bonds is 3. The molecule has 2 saturated heterocycles. The van der Waals surface area contributed by atoms with E-state index in [0.717, 1.165) is 24.5 Å². The number of hydrogen-bond donors (Lipinski definition) is 0. The predicted molar refractivity (Wildman–Crippen MR) is 90.3 cm³/mol. The van der Waals surface area contributed by atoms with Crippen LogP contribution in [0, 0.1) is 17.0 Å².